The van der Waals surface area contributed by atoms with E-state index < -0.39 is 0 Å². The molecule has 0 aromatic carbocycles. The maximum Gasteiger partial charge on any atom is 0.222 e. The lowest BCUT2D eigenvalue weighted by molar-refractivity contribution is -0.122. The number of amides is 1. The van der Waals surface area contributed by atoms with Gasteiger partial charge in [-0.15, -0.1) is 0 Å². The van der Waals surface area contributed by atoms with Crippen LogP contribution in [0.5, 0.6) is 0 Å². The van der Waals surface area contributed by atoms with E-state index in [1.54, 1.807) is 7.05 Å². The van der Waals surface area contributed by atoms with E-state index in [2.05, 4.69) is 5.32 Å². The highest BCUT2D eigenvalue weighted by atomic mass is 16.5. The van der Waals surface area contributed by atoms with Crippen LogP contribution in [0.15, 0.2) is 0 Å². The van der Waals surface area contributed by atoms with Gasteiger partial charge in [0.2, 0.25) is 5.91 Å². The molecule has 2 rings (SSSR count). The van der Waals surface area contributed by atoms with E-state index in [1.807, 2.05) is 0 Å². The van der Waals surface area contributed by atoms with Crippen molar-refractivity contribution in [1.82, 2.24) is 5.32 Å². The van der Waals surface area contributed by atoms with Gasteiger partial charge >= 0.3 is 0 Å². The maximum atomic E-state index is 10.9. The second-order valence-electron chi connectivity index (χ2n) is 5.13. The first-order chi connectivity index (χ1) is 7.24. The maximum absolute atomic E-state index is 10.9. The molecule has 0 unspecified atom stereocenters. The number of hydrogen-bond donors (Lipinski definition) is 1. The Morgan fingerprint density at radius 1 is 1.47 bits per heavy atom. The van der Waals surface area contributed by atoms with Crippen LogP contribution in [0.3, 0.4) is 0 Å². The lowest BCUT2D eigenvalue weighted by Gasteiger charge is -2.54. The van der Waals surface area contributed by atoms with Crippen molar-refractivity contribution in [2.75, 3.05) is 20.3 Å². The fourth-order valence-corrected chi connectivity index (χ4v) is 2.91. The lowest BCUT2D eigenvalue weighted by Crippen LogP contribution is -2.44. The van der Waals surface area contributed by atoms with Crippen LogP contribution in [0.1, 0.15) is 38.5 Å². The van der Waals surface area contributed by atoms with Crippen molar-refractivity contribution in [1.29, 1.82) is 0 Å². The minimum atomic E-state index is 0.0686. The summed E-state index contributed by atoms with van der Waals surface area (Å²) < 4.78 is 5.51. The number of carbonyl (C=O) groups is 1. The van der Waals surface area contributed by atoms with Gasteiger partial charge in [0.25, 0.3) is 0 Å². The van der Waals surface area contributed by atoms with Crippen molar-refractivity contribution in [3.05, 3.63) is 0 Å². The molecule has 1 amide bonds. The van der Waals surface area contributed by atoms with Crippen molar-refractivity contribution in [2.45, 2.75) is 38.5 Å². The molecule has 0 atom stereocenters. The van der Waals surface area contributed by atoms with Crippen LogP contribution in [0.4, 0.5) is 0 Å². The molecule has 0 aromatic rings. The van der Waals surface area contributed by atoms with Crippen LogP contribution in [-0.2, 0) is 9.53 Å². The Morgan fingerprint density at radius 3 is 2.73 bits per heavy atom. The SMILES string of the molecule is CNC(=O)CCOCC1CC2(CCC2)C1. The number of nitrogens with one attached hydrogen (secondary N) is 1. The summed E-state index contributed by atoms with van der Waals surface area (Å²) in [4.78, 5) is 10.9. The van der Waals surface area contributed by atoms with E-state index in [9.17, 15) is 4.79 Å². The topological polar surface area (TPSA) is 38.3 Å². The summed E-state index contributed by atoms with van der Waals surface area (Å²) in [7, 11) is 1.66. The highest BCUT2D eigenvalue weighted by Crippen LogP contribution is 2.58. The third-order valence-electron chi connectivity index (χ3n) is 3.96. The standard InChI is InChI=1S/C12H21NO2/c1-13-11(14)3-6-15-9-10-7-12(8-10)4-2-5-12/h10H,2-9H2,1H3,(H,13,14). The molecule has 0 bridgehead atoms. The van der Waals surface area contributed by atoms with Crippen LogP contribution in [0, 0.1) is 11.3 Å². The summed E-state index contributed by atoms with van der Waals surface area (Å²) >= 11 is 0. The third-order valence-corrected chi connectivity index (χ3v) is 3.96. The fraction of sp³-hybridized carbons (Fsp3) is 0.917. The molecule has 0 heterocycles. The number of rotatable bonds is 5. The monoisotopic (exact) mass is 211 g/mol. The first kappa shape index (κ1) is 10.9. The van der Waals surface area contributed by atoms with Crippen LogP contribution in [0.25, 0.3) is 0 Å². The quantitative estimate of drug-likeness (QED) is 0.703. The summed E-state index contributed by atoms with van der Waals surface area (Å²) in [5.41, 5.74) is 0.745. The highest BCUT2D eigenvalue weighted by Gasteiger charge is 2.47. The van der Waals surface area contributed by atoms with Gasteiger partial charge < -0.3 is 10.1 Å². The molecule has 15 heavy (non-hydrogen) atoms. The van der Waals surface area contributed by atoms with Crippen molar-refractivity contribution in [3.63, 3.8) is 0 Å². The predicted octanol–water partition coefficient (Wildman–Crippen LogP) is 1.72. The summed E-state index contributed by atoms with van der Waals surface area (Å²) in [6.07, 6.45) is 7.56. The number of carbonyl (C=O) groups excluding carboxylic acids is 1. The summed E-state index contributed by atoms with van der Waals surface area (Å²) in [6.45, 7) is 1.43. The van der Waals surface area contributed by atoms with Gasteiger partial charge in [-0.3, -0.25) is 4.79 Å². The van der Waals surface area contributed by atoms with Gasteiger partial charge in [-0.05, 0) is 37.0 Å². The minimum absolute atomic E-state index is 0.0686. The van der Waals surface area contributed by atoms with Gasteiger partial charge in [0.15, 0.2) is 0 Å². The molecule has 0 aromatic heterocycles. The van der Waals surface area contributed by atoms with Gasteiger partial charge in [-0.1, -0.05) is 6.42 Å². The lowest BCUT2D eigenvalue weighted by atomic mass is 9.52. The van der Waals surface area contributed by atoms with Gasteiger partial charge in [-0.25, -0.2) is 0 Å². The molecule has 1 N–H and O–H groups in total. The average molecular weight is 211 g/mol. The Balaban J connectivity index is 1.48. The first-order valence-electron chi connectivity index (χ1n) is 6.02. The fourth-order valence-electron chi connectivity index (χ4n) is 2.91. The zero-order valence-corrected chi connectivity index (χ0v) is 9.55. The Labute approximate surface area is 91.6 Å². The molecule has 0 saturated heterocycles. The van der Waals surface area contributed by atoms with Crippen molar-refractivity contribution < 1.29 is 9.53 Å². The summed E-state index contributed by atoms with van der Waals surface area (Å²) in [6, 6.07) is 0. The molecule has 0 aliphatic heterocycles. The summed E-state index contributed by atoms with van der Waals surface area (Å²) in [5.74, 6) is 0.842. The Kier molecular flexibility index (Phi) is 3.29. The smallest absolute Gasteiger partial charge is 0.222 e. The van der Waals surface area contributed by atoms with Crippen LogP contribution in [-0.4, -0.2) is 26.2 Å². The molecule has 2 aliphatic carbocycles. The van der Waals surface area contributed by atoms with E-state index in [1.165, 1.54) is 32.1 Å². The molecule has 2 saturated carbocycles. The van der Waals surface area contributed by atoms with Crippen LogP contribution in [0.2, 0.25) is 0 Å². The van der Waals surface area contributed by atoms with Crippen LogP contribution < -0.4 is 5.32 Å². The number of hydrogen-bond acceptors (Lipinski definition) is 2. The Bertz CT molecular complexity index is 228. The predicted molar refractivity (Wildman–Crippen MR) is 58.5 cm³/mol. The van der Waals surface area contributed by atoms with Crippen molar-refractivity contribution in [2.24, 2.45) is 11.3 Å². The molecule has 1 spiro atoms. The van der Waals surface area contributed by atoms with E-state index in [4.69, 9.17) is 4.74 Å². The zero-order valence-electron chi connectivity index (χ0n) is 9.55. The van der Waals surface area contributed by atoms with Gasteiger partial charge in [0.05, 0.1) is 6.61 Å². The second kappa shape index (κ2) is 4.52. The van der Waals surface area contributed by atoms with E-state index >= 15 is 0 Å². The largest absolute Gasteiger partial charge is 0.381 e. The molecule has 3 heteroatoms. The normalized spacial score (nSPS) is 23.3. The minimum Gasteiger partial charge on any atom is -0.381 e. The summed E-state index contributed by atoms with van der Waals surface area (Å²) in [5, 5.41) is 2.59. The number of ether oxygens (including phenoxy) is 1. The Hall–Kier alpha value is -0.570. The molecule has 2 fully saturated rings. The zero-order chi connectivity index (χ0) is 10.7. The first-order valence-corrected chi connectivity index (χ1v) is 6.02. The van der Waals surface area contributed by atoms with Crippen molar-refractivity contribution in [3.8, 4) is 0 Å². The molecular weight excluding hydrogens is 190 g/mol. The second-order valence-corrected chi connectivity index (χ2v) is 5.13. The Morgan fingerprint density at radius 2 is 2.20 bits per heavy atom. The highest BCUT2D eigenvalue weighted by molar-refractivity contribution is 5.75. The average Bonchev–Trinajstić information content (AvgIpc) is 2.11. The molecule has 2 aliphatic rings. The molecule has 3 nitrogen and oxygen atoms in total. The van der Waals surface area contributed by atoms with E-state index in [-0.39, 0.29) is 5.91 Å². The van der Waals surface area contributed by atoms with Gasteiger partial charge in [-0.2, -0.15) is 0 Å². The van der Waals surface area contributed by atoms with E-state index in [0.717, 1.165) is 17.9 Å². The van der Waals surface area contributed by atoms with Gasteiger partial charge in [0, 0.05) is 20.1 Å². The van der Waals surface area contributed by atoms with Crippen molar-refractivity contribution >= 4 is 5.91 Å². The molecule has 86 valence electrons. The van der Waals surface area contributed by atoms with Crippen LogP contribution >= 0.6 is 0 Å². The molecule has 0 radical (unpaired) electrons. The molecular formula is C12H21NO2. The third kappa shape index (κ3) is 2.51. The van der Waals surface area contributed by atoms with Gasteiger partial charge in [0.1, 0.15) is 0 Å². The van der Waals surface area contributed by atoms with E-state index in [0.29, 0.717) is 13.0 Å².